The smallest absolute Gasteiger partial charge is 0.338 e. The number of benzene rings is 7. The minimum Gasteiger partial charge on any atom is -0.462 e. The molecule has 7 rings (SSSR count). The molecule has 7 heteroatoms. The minimum absolute atomic E-state index is 0.171. The first-order chi connectivity index (χ1) is 26.8. The lowest BCUT2D eigenvalue weighted by atomic mass is 9.90. The Balaban J connectivity index is 1.38. The topological polar surface area (TPSA) is 55.8 Å². The minimum atomic E-state index is -0.537. The first kappa shape index (κ1) is 37.2. The lowest BCUT2D eigenvalue weighted by Gasteiger charge is -2.28. The molecule has 0 bridgehead atoms. The van der Waals surface area contributed by atoms with Crippen LogP contribution in [0.1, 0.15) is 34.6 Å². The lowest BCUT2D eigenvalue weighted by molar-refractivity contribution is 0.0513. The Bertz CT molecular complexity index is 2430. The number of hydrogen-bond acceptors (Lipinski definition) is 5. The third-order valence-corrected chi connectivity index (χ3v) is 9.66. The molecule has 0 radical (unpaired) electrons. The summed E-state index contributed by atoms with van der Waals surface area (Å²) in [5, 5.41) is 0.783. The molecule has 5 nitrogen and oxygen atoms in total. The van der Waals surface area contributed by atoms with Crippen molar-refractivity contribution in [3.05, 3.63) is 185 Å². The van der Waals surface area contributed by atoms with Crippen molar-refractivity contribution in [2.45, 2.75) is 13.8 Å². The van der Waals surface area contributed by atoms with Crippen LogP contribution in [0.15, 0.2) is 164 Å². The summed E-state index contributed by atoms with van der Waals surface area (Å²) in [6, 6.07) is 53.8. The zero-order valence-corrected chi connectivity index (χ0v) is 31.9. The summed E-state index contributed by atoms with van der Waals surface area (Å²) in [5.41, 5.74) is 10.1. The summed E-state index contributed by atoms with van der Waals surface area (Å²) in [4.78, 5) is 29.3. The van der Waals surface area contributed by atoms with Gasteiger partial charge >= 0.3 is 11.9 Å². The molecule has 0 aliphatic carbocycles. The van der Waals surface area contributed by atoms with Gasteiger partial charge in [0, 0.05) is 27.0 Å². The summed E-state index contributed by atoms with van der Waals surface area (Å²) in [6.07, 6.45) is 0. The van der Waals surface area contributed by atoms with Crippen LogP contribution in [-0.4, -0.2) is 25.2 Å². The van der Waals surface area contributed by atoms with E-state index in [0.717, 1.165) is 39.3 Å². The van der Waals surface area contributed by atoms with Gasteiger partial charge in [-0.3, -0.25) is 0 Å². The predicted molar refractivity (Wildman–Crippen MR) is 225 cm³/mol. The Morgan fingerprint density at radius 2 is 0.873 bits per heavy atom. The number of rotatable bonds is 11. The van der Waals surface area contributed by atoms with Gasteiger partial charge in [-0.05, 0) is 113 Å². The molecule has 272 valence electrons. The number of carbonyl (C=O) groups excluding carboxylic acids is 2. The molecule has 55 heavy (non-hydrogen) atoms. The molecule has 0 aliphatic heterocycles. The number of carbonyl (C=O) groups is 2. The number of halogens is 2. The van der Waals surface area contributed by atoms with E-state index in [9.17, 15) is 9.59 Å². The molecule has 0 amide bonds. The van der Waals surface area contributed by atoms with Crippen molar-refractivity contribution in [3.8, 4) is 44.5 Å². The number of anilines is 3. The van der Waals surface area contributed by atoms with Gasteiger partial charge < -0.3 is 14.4 Å². The van der Waals surface area contributed by atoms with Gasteiger partial charge in [0.25, 0.3) is 0 Å². The van der Waals surface area contributed by atoms with Crippen molar-refractivity contribution in [3.63, 3.8) is 0 Å². The van der Waals surface area contributed by atoms with E-state index >= 15 is 0 Å². The van der Waals surface area contributed by atoms with Gasteiger partial charge in [0.1, 0.15) is 0 Å². The Morgan fingerprint density at radius 3 is 1.40 bits per heavy atom. The van der Waals surface area contributed by atoms with E-state index in [4.69, 9.17) is 32.7 Å². The zero-order valence-electron chi connectivity index (χ0n) is 30.3. The molecular weight excluding hydrogens is 725 g/mol. The van der Waals surface area contributed by atoms with Crippen LogP contribution in [0.25, 0.3) is 44.5 Å². The van der Waals surface area contributed by atoms with E-state index in [1.165, 1.54) is 0 Å². The lowest BCUT2D eigenvalue weighted by Crippen LogP contribution is -2.12. The first-order valence-electron chi connectivity index (χ1n) is 18.0. The largest absolute Gasteiger partial charge is 0.462 e. The predicted octanol–water partition coefficient (Wildman–Crippen LogP) is 13.5. The van der Waals surface area contributed by atoms with E-state index in [1.807, 2.05) is 72.8 Å². The SMILES string of the molecule is CCOC(=O)c1cc(-c2cc(Cl)cc(Cl)c2)c(C(=O)OCC)cc1-c1ccc(N(c2ccc(-c3ccccc3)cc2)c2ccccc2-c2ccccc2)cc1. The van der Waals surface area contributed by atoms with Crippen molar-refractivity contribution in [2.24, 2.45) is 0 Å². The highest BCUT2D eigenvalue weighted by molar-refractivity contribution is 6.35. The van der Waals surface area contributed by atoms with E-state index < -0.39 is 11.9 Å². The fourth-order valence-electron chi connectivity index (χ4n) is 6.72. The Morgan fingerprint density at radius 1 is 0.455 bits per heavy atom. The standard InChI is InChI=1S/C48H37Cl2NO4/c1-3-54-47(52)44-31-43(36-27-37(49)29-38(50)28-36)45(48(53)55-4-2)30-42(44)35-21-25-40(26-22-35)51(39-23-19-33(20-24-39)32-13-7-5-8-14-32)46-18-12-11-17-41(46)34-15-9-6-10-16-34/h5-31H,3-4H2,1-2H3. The van der Waals surface area contributed by atoms with Crippen LogP contribution in [0.4, 0.5) is 17.1 Å². The third kappa shape index (κ3) is 8.19. The van der Waals surface area contributed by atoms with Crippen molar-refractivity contribution in [1.82, 2.24) is 0 Å². The van der Waals surface area contributed by atoms with Gasteiger partial charge in [0.05, 0.1) is 30.0 Å². The number of para-hydroxylation sites is 1. The molecule has 0 unspecified atom stereocenters. The molecule has 0 N–H and O–H groups in total. The molecule has 7 aromatic carbocycles. The average molecular weight is 763 g/mol. The van der Waals surface area contributed by atoms with Crippen LogP contribution < -0.4 is 4.90 Å². The maximum atomic E-state index is 13.6. The molecule has 0 aromatic heterocycles. The number of nitrogens with zero attached hydrogens (tertiary/aromatic N) is 1. The molecule has 0 aliphatic rings. The highest BCUT2D eigenvalue weighted by atomic mass is 35.5. The average Bonchev–Trinajstić information content (AvgIpc) is 3.22. The molecule has 0 atom stereocenters. The first-order valence-corrected chi connectivity index (χ1v) is 18.8. The second-order valence-electron chi connectivity index (χ2n) is 12.7. The van der Waals surface area contributed by atoms with Gasteiger partial charge in [0.2, 0.25) is 0 Å². The van der Waals surface area contributed by atoms with Crippen molar-refractivity contribution >= 4 is 52.2 Å². The second-order valence-corrected chi connectivity index (χ2v) is 13.6. The van der Waals surface area contributed by atoms with E-state index in [0.29, 0.717) is 32.3 Å². The Kier molecular flexibility index (Phi) is 11.4. The molecular formula is C48H37Cl2NO4. The van der Waals surface area contributed by atoms with Crippen molar-refractivity contribution in [2.75, 3.05) is 18.1 Å². The molecule has 0 saturated heterocycles. The zero-order chi connectivity index (χ0) is 38.3. The van der Waals surface area contributed by atoms with Gasteiger partial charge in [-0.25, -0.2) is 9.59 Å². The fraction of sp³-hybridized carbons (Fsp3) is 0.0833. The number of ether oxygens (including phenoxy) is 2. The highest BCUT2D eigenvalue weighted by Gasteiger charge is 2.24. The molecule has 0 saturated carbocycles. The summed E-state index contributed by atoms with van der Waals surface area (Å²) in [5.74, 6) is -1.06. The van der Waals surface area contributed by atoms with Gasteiger partial charge in [-0.15, -0.1) is 0 Å². The van der Waals surface area contributed by atoms with Crippen LogP contribution in [0.2, 0.25) is 10.0 Å². The van der Waals surface area contributed by atoms with Crippen LogP contribution in [0.3, 0.4) is 0 Å². The Labute approximate surface area is 331 Å². The number of hydrogen-bond donors (Lipinski definition) is 0. The summed E-state index contributed by atoms with van der Waals surface area (Å²) in [6.45, 7) is 3.85. The third-order valence-electron chi connectivity index (χ3n) is 9.22. The highest BCUT2D eigenvalue weighted by Crippen LogP contribution is 2.43. The Hall–Kier alpha value is -6.14. The van der Waals surface area contributed by atoms with Gasteiger partial charge in [0.15, 0.2) is 0 Å². The fourth-order valence-corrected chi connectivity index (χ4v) is 7.25. The van der Waals surface area contributed by atoms with Gasteiger partial charge in [-0.2, -0.15) is 0 Å². The van der Waals surface area contributed by atoms with Crippen LogP contribution in [-0.2, 0) is 9.47 Å². The maximum absolute atomic E-state index is 13.6. The second kappa shape index (κ2) is 16.9. The van der Waals surface area contributed by atoms with Gasteiger partial charge in [-0.1, -0.05) is 126 Å². The molecule has 0 spiro atoms. The van der Waals surface area contributed by atoms with Crippen molar-refractivity contribution < 1.29 is 19.1 Å². The van der Waals surface area contributed by atoms with E-state index in [-0.39, 0.29) is 24.3 Å². The summed E-state index contributed by atoms with van der Waals surface area (Å²) < 4.78 is 11.0. The maximum Gasteiger partial charge on any atom is 0.338 e. The van der Waals surface area contributed by atoms with Crippen molar-refractivity contribution in [1.29, 1.82) is 0 Å². The summed E-state index contributed by atoms with van der Waals surface area (Å²) in [7, 11) is 0. The molecule has 7 aromatic rings. The van der Waals surface area contributed by atoms with Crippen LogP contribution in [0.5, 0.6) is 0 Å². The van der Waals surface area contributed by atoms with E-state index in [2.05, 4.69) is 65.6 Å². The normalized spacial score (nSPS) is 10.8. The monoisotopic (exact) mass is 761 g/mol. The number of esters is 2. The van der Waals surface area contributed by atoms with E-state index in [1.54, 1.807) is 44.2 Å². The molecule has 0 heterocycles. The molecule has 0 fully saturated rings. The van der Waals surface area contributed by atoms with Crippen LogP contribution in [0, 0.1) is 0 Å². The quantitative estimate of drug-likeness (QED) is 0.123. The van der Waals surface area contributed by atoms with Crippen LogP contribution >= 0.6 is 23.2 Å². The summed E-state index contributed by atoms with van der Waals surface area (Å²) >= 11 is 12.8.